The largest absolute Gasteiger partial charge is 0.480 e. The Morgan fingerprint density at radius 3 is 2.36 bits per heavy atom. The lowest BCUT2D eigenvalue weighted by molar-refractivity contribution is 0.0598. The fraction of sp³-hybridized carbons (Fsp3) is 0.214. The van der Waals surface area contributed by atoms with Crippen LogP contribution in [0.25, 0.3) is 0 Å². The number of ether oxygens (including phenoxy) is 4. The second-order valence-electron chi connectivity index (χ2n) is 3.93. The molecule has 116 valence electrons. The molecule has 0 atom stereocenters. The smallest absolute Gasteiger partial charge is 0.341 e. The van der Waals surface area contributed by atoms with Gasteiger partial charge < -0.3 is 18.9 Å². The molecule has 7 nitrogen and oxygen atoms in total. The van der Waals surface area contributed by atoms with Gasteiger partial charge in [-0.3, -0.25) is 0 Å². The van der Waals surface area contributed by atoms with Crippen LogP contribution < -0.4 is 14.2 Å². The van der Waals surface area contributed by atoms with E-state index in [0.717, 1.165) is 0 Å². The van der Waals surface area contributed by atoms with Crippen molar-refractivity contribution < 1.29 is 23.7 Å². The van der Waals surface area contributed by atoms with Crippen molar-refractivity contribution in [1.29, 1.82) is 0 Å². The lowest BCUT2D eigenvalue weighted by Crippen LogP contribution is -2.05. The van der Waals surface area contributed by atoms with Crippen LogP contribution in [-0.4, -0.2) is 37.3 Å². The van der Waals surface area contributed by atoms with Gasteiger partial charge in [-0.15, -0.1) is 0 Å². The molecule has 8 heteroatoms. The van der Waals surface area contributed by atoms with E-state index in [-0.39, 0.29) is 34.1 Å². The van der Waals surface area contributed by atoms with Crippen LogP contribution in [-0.2, 0) is 4.74 Å². The van der Waals surface area contributed by atoms with Crippen LogP contribution in [0.15, 0.2) is 24.3 Å². The molecule has 0 saturated carbocycles. The van der Waals surface area contributed by atoms with Gasteiger partial charge in [-0.2, -0.15) is 9.97 Å². The maximum absolute atomic E-state index is 11.7. The predicted octanol–water partition coefficient (Wildman–Crippen LogP) is 2.73. The number of halogens is 1. The van der Waals surface area contributed by atoms with E-state index in [0.29, 0.717) is 0 Å². The van der Waals surface area contributed by atoms with Crippen LogP contribution in [0, 0.1) is 0 Å². The molecule has 0 radical (unpaired) electrons. The maximum atomic E-state index is 11.7. The molecule has 1 aromatic heterocycles. The van der Waals surface area contributed by atoms with Gasteiger partial charge in [0.05, 0.1) is 21.3 Å². The molecule has 0 bridgehead atoms. The van der Waals surface area contributed by atoms with E-state index in [1.807, 2.05) is 0 Å². The summed E-state index contributed by atoms with van der Waals surface area (Å²) in [4.78, 5) is 19.7. The van der Waals surface area contributed by atoms with Gasteiger partial charge in [0.25, 0.3) is 0 Å². The first-order chi connectivity index (χ1) is 10.6. The highest BCUT2D eigenvalue weighted by Gasteiger charge is 2.19. The van der Waals surface area contributed by atoms with Gasteiger partial charge in [-0.1, -0.05) is 23.7 Å². The lowest BCUT2D eigenvalue weighted by atomic mass is 10.2. The van der Waals surface area contributed by atoms with Crippen molar-refractivity contribution in [3.8, 4) is 23.5 Å². The van der Waals surface area contributed by atoms with E-state index in [1.165, 1.54) is 21.3 Å². The summed E-state index contributed by atoms with van der Waals surface area (Å²) in [5.41, 5.74) is 0.234. The number of nitrogens with zero attached hydrogens (tertiary/aromatic N) is 2. The number of para-hydroxylation sites is 1. The molecule has 22 heavy (non-hydrogen) atoms. The Bertz CT molecular complexity index is 693. The Balaban J connectivity index is 2.45. The number of esters is 1. The Kier molecular flexibility index (Phi) is 5.00. The summed E-state index contributed by atoms with van der Waals surface area (Å²) in [6, 6.07) is 6.55. The number of carbonyl (C=O) groups excluding carboxylic acids is 1. The van der Waals surface area contributed by atoms with Gasteiger partial charge >= 0.3 is 12.0 Å². The van der Waals surface area contributed by atoms with Gasteiger partial charge in [0, 0.05) is 0 Å². The molecule has 0 amide bonds. The first kappa shape index (κ1) is 15.8. The monoisotopic (exact) mass is 324 g/mol. The highest BCUT2D eigenvalue weighted by Crippen LogP contribution is 2.36. The molecule has 0 N–H and O–H groups in total. The van der Waals surface area contributed by atoms with Crippen LogP contribution in [0.5, 0.6) is 23.5 Å². The van der Waals surface area contributed by atoms with Gasteiger partial charge in [-0.05, 0) is 12.1 Å². The molecular formula is C14H13ClN2O5. The number of rotatable bonds is 5. The summed E-state index contributed by atoms with van der Waals surface area (Å²) in [6.45, 7) is 0. The zero-order chi connectivity index (χ0) is 16.1. The van der Waals surface area contributed by atoms with Crippen LogP contribution in [0.3, 0.4) is 0 Å². The summed E-state index contributed by atoms with van der Waals surface area (Å²) in [5, 5.41) is 0.0583. The molecule has 0 saturated heterocycles. The van der Waals surface area contributed by atoms with E-state index in [2.05, 4.69) is 9.97 Å². The summed E-state index contributed by atoms with van der Waals surface area (Å²) < 4.78 is 20.3. The van der Waals surface area contributed by atoms with E-state index in [9.17, 15) is 4.79 Å². The molecule has 0 unspecified atom stereocenters. The number of hydrogen-bond donors (Lipinski definition) is 0. The normalized spacial score (nSPS) is 10.0. The van der Waals surface area contributed by atoms with E-state index >= 15 is 0 Å². The zero-order valence-electron chi connectivity index (χ0n) is 12.1. The fourth-order valence-corrected chi connectivity index (χ4v) is 1.82. The molecule has 2 rings (SSSR count). The SMILES string of the molecule is COC(=O)c1ccccc1Oc1nc(OC)nc(OC)c1Cl. The standard InChI is InChI=1S/C14H13ClN2O5/c1-19-11-10(15)12(17-14(16-11)21-3)22-9-7-5-4-6-8(9)13(18)20-2/h4-7H,1-3H3. The Morgan fingerprint density at radius 2 is 1.73 bits per heavy atom. The van der Waals surface area contributed by atoms with Crippen LogP contribution >= 0.6 is 11.6 Å². The Labute approximate surface area is 131 Å². The Morgan fingerprint density at radius 1 is 1.05 bits per heavy atom. The number of hydrogen-bond acceptors (Lipinski definition) is 7. The third-order valence-corrected chi connectivity index (χ3v) is 2.97. The van der Waals surface area contributed by atoms with Crippen molar-refractivity contribution in [3.05, 3.63) is 34.9 Å². The molecule has 1 heterocycles. The van der Waals surface area contributed by atoms with Gasteiger partial charge in [0.1, 0.15) is 11.3 Å². The first-order valence-electron chi connectivity index (χ1n) is 6.11. The molecule has 0 aliphatic heterocycles. The van der Waals surface area contributed by atoms with Crippen LogP contribution in [0.2, 0.25) is 5.02 Å². The molecule has 0 aliphatic rings. The van der Waals surface area contributed by atoms with E-state index < -0.39 is 5.97 Å². The highest BCUT2D eigenvalue weighted by atomic mass is 35.5. The number of benzene rings is 1. The average Bonchev–Trinajstić information content (AvgIpc) is 2.56. The van der Waals surface area contributed by atoms with Gasteiger partial charge in [0.2, 0.25) is 11.8 Å². The van der Waals surface area contributed by atoms with Crippen molar-refractivity contribution >= 4 is 17.6 Å². The second-order valence-corrected chi connectivity index (χ2v) is 4.31. The first-order valence-corrected chi connectivity index (χ1v) is 6.49. The molecule has 0 fully saturated rings. The van der Waals surface area contributed by atoms with Crippen molar-refractivity contribution in [2.45, 2.75) is 0 Å². The third kappa shape index (κ3) is 3.20. The summed E-state index contributed by atoms with van der Waals surface area (Å²) in [6.07, 6.45) is 0. The molecule has 2 aromatic rings. The third-order valence-electron chi connectivity index (χ3n) is 2.64. The summed E-state index contributed by atoms with van der Waals surface area (Å²) in [5.74, 6) is -0.209. The lowest BCUT2D eigenvalue weighted by Gasteiger charge is -2.12. The highest BCUT2D eigenvalue weighted by molar-refractivity contribution is 6.33. The Hall–Kier alpha value is -2.54. The maximum Gasteiger partial charge on any atom is 0.341 e. The average molecular weight is 325 g/mol. The second kappa shape index (κ2) is 6.95. The number of methoxy groups -OCH3 is 3. The molecule has 0 spiro atoms. The van der Waals surface area contributed by atoms with Crippen LogP contribution in [0.4, 0.5) is 0 Å². The number of aromatic nitrogens is 2. The summed E-state index contributed by atoms with van der Waals surface area (Å²) in [7, 11) is 4.08. The molecular weight excluding hydrogens is 312 g/mol. The van der Waals surface area contributed by atoms with E-state index in [1.54, 1.807) is 24.3 Å². The zero-order valence-corrected chi connectivity index (χ0v) is 12.9. The van der Waals surface area contributed by atoms with Gasteiger partial charge in [0.15, 0.2) is 5.02 Å². The van der Waals surface area contributed by atoms with Crippen molar-refractivity contribution in [2.24, 2.45) is 0 Å². The minimum absolute atomic E-state index is 0.00159. The predicted molar refractivity (Wildman–Crippen MR) is 78.0 cm³/mol. The summed E-state index contributed by atoms with van der Waals surface area (Å²) >= 11 is 6.11. The topological polar surface area (TPSA) is 79.8 Å². The van der Waals surface area contributed by atoms with Crippen LogP contribution in [0.1, 0.15) is 10.4 Å². The number of carbonyl (C=O) groups is 1. The molecule has 0 aliphatic carbocycles. The van der Waals surface area contributed by atoms with Crippen molar-refractivity contribution in [2.75, 3.05) is 21.3 Å². The quantitative estimate of drug-likeness (QED) is 0.782. The minimum Gasteiger partial charge on any atom is -0.480 e. The fourth-order valence-electron chi connectivity index (χ4n) is 1.62. The van der Waals surface area contributed by atoms with Crippen molar-refractivity contribution in [3.63, 3.8) is 0 Å². The van der Waals surface area contributed by atoms with E-state index in [4.69, 9.17) is 30.5 Å². The van der Waals surface area contributed by atoms with Gasteiger partial charge in [-0.25, -0.2) is 4.79 Å². The molecule has 1 aromatic carbocycles. The minimum atomic E-state index is -0.542. The van der Waals surface area contributed by atoms with Crippen molar-refractivity contribution in [1.82, 2.24) is 9.97 Å².